The summed E-state index contributed by atoms with van der Waals surface area (Å²) in [6.45, 7) is 2.20. The Morgan fingerprint density at radius 2 is 2.35 bits per heavy atom. The zero-order valence-electron chi connectivity index (χ0n) is 10.0. The minimum absolute atomic E-state index is 0.301. The van der Waals surface area contributed by atoms with Crippen molar-refractivity contribution in [2.75, 3.05) is 6.61 Å². The summed E-state index contributed by atoms with van der Waals surface area (Å²) < 4.78 is 4.75. The molecule has 17 heavy (non-hydrogen) atoms. The van der Waals surface area contributed by atoms with Crippen molar-refractivity contribution in [1.29, 1.82) is 0 Å². The van der Waals surface area contributed by atoms with Crippen LogP contribution >= 0.6 is 0 Å². The number of hydrogen-bond donors (Lipinski definition) is 0. The molecule has 3 heteroatoms. The first-order valence-corrected chi connectivity index (χ1v) is 5.71. The van der Waals surface area contributed by atoms with Crippen LogP contribution in [0.1, 0.15) is 18.9 Å². The van der Waals surface area contributed by atoms with Crippen molar-refractivity contribution in [1.82, 2.24) is 4.98 Å². The topological polar surface area (TPSA) is 39.2 Å². The van der Waals surface area contributed by atoms with Gasteiger partial charge in [-0.2, -0.15) is 0 Å². The standard InChI is InChI=1S/C14H17NO2/c1-2-17-14(16)10-6-4-3-5-8-13-9-7-11-15-12-13/h3-4,6-7,9-12H,2,5,8H2,1H3. The summed E-state index contributed by atoms with van der Waals surface area (Å²) in [4.78, 5) is 15.0. The van der Waals surface area contributed by atoms with Gasteiger partial charge in [0.25, 0.3) is 0 Å². The number of rotatable bonds is 6. The van der Waals surface area contributed by atoms with Crippen LogP contribution in [0.15, 0.2) is 48.8 Å². The fraction of sp³-hybridized carbons (Fsp3) is 0.286. The molecule has 90 valence electrons. The van der Waals surface area contributed by atoms with Crippen molar-refractivity contribution in [3.8, 4) is 0 Å². The number of allylic oxidation sites excluding steroid dienone is 3. The van der Waals surface area contributed by atoms with Crippen LogP contribution < -0.4 is 0 Å². The SMILES string of the molecule is CCOC(=O)C=CC=CCCc1cccnc1. The average molecular weight is 231 g/mol. The van der Waals surface area contributed by atoms with E-state index in [1.165, 1.54) is 11.6 Å². The third-order valence-electron chi connectivity index (χ3n) is 2.09. The van der Waals surface area contributed by atoms with Gasteiger partial charge in [0, 0.05) is 18.5 Å². The Balaban J connectivity index is 2.21. The summed E-state index contributed by atoms with van der Waals surface area (Å²) >= 11 is 0. The normalized spacial score (nSPS) is 11.1. The molecule has 0 spiro atoms. The minimum Gasteiger partial charge on any atom is -0.463 e. The van der Waals surface area contributed by atoms with Gasteiger partial charge in [0.05, 0.1) is 6.61 Å². The third-order valence-corrected chi connectivity index (χ3v) is 2.09. The molecule has 1 aromatic rings. The molecule has 1 heterocycles. The molecule has 0 aromatic carbocycles. The summed E-state index contributed by atoms with van der Waals surface area (Å²) in [7, 11) is 0. The molecule has 0 atom stereocenters. The summed E-state index contributed by atoms with van der Waals surface area (Å²) in [6, 6.07) is 3.98. The molecule has 0 saturated carbocycles. The zero-order valence-corrected chi connectivity index (χ0v) is 10.0. The third kappa shape index (κ3) is 6.30. The van der Waals surface area contributed by atoms with Gasteiger partial charge in [-0.15, -0.1) is 0 Å². The fourth-order valence-corrected chi connectivity index (χ4v) is 1.30. The van der Waals surface area contributed by atoms with E-state index < -0.39 is 0 Å². The summed E-state index contributed by atoms with van der Waals surface area (Å²) in [5, 5.41) is 0. The highest BCUT2D eigenvalue weighted by Crippen LogP contribution is 2.00. The number of aromatic nitrogens is 1. The summed E-state index contributed by atoms with van der Waals surface area (Å²) in [5.74, 6) is -0.301. The number of carbonyl (C=O) groups excluding carboxylic acids is 1. The lowest BCUT2D eigenvalue weighted by molar-refractivity contribution is -0.137. The molecule has 0 N–H and O–H groups in total. The summed E-state index contributed by atoms with van der Waals surface area (Å²) in [5.41, 5.74) is 1.21. The second-order valence-corrected chi connectivity index (χ2v) is 3.44. The van der Waals surface area contributed by atoms with E-state index in [1.54, 1.807) is 19.2 Å². The van der Waals surface area contributed by atoms with E-state index in [1.807, 2.05) is 24.4 Å². The van der Waals surface area contributed by atoms with E-state index in [4.69, 9.17) is 4.74 Å². The molecule has 0 aliphatic rings. The van der Waals surface area contributed by atoms with Gasteiger partial charge in [0.15, 0.2) is 0 Å². The second-order valence-electron chi connectivity index (χ2n) is 3.44. The lowest BCUT2D eigenvalue weighted by atomic mass is 10.1. The smallest absolute Gasteiger partial charge is 0.330 e. The van der Waals surface area contributed by atoms with Crippen LogP contribution in [0.4, 0.5) is 0 Å². The Hall–Kier alpha value is -1.90. The number of ether oxygens (including phenoxy) is 1. The first kappa shape index (κ1) is 13.2. The number of carbonyl (C=O) groups is 1. The van der Waals surface area contributed by atoms with Crippen LogP contribution in [0.2, 0.25) is 0 Å². The minimum atomic E-state index is -0.301. The molecule has 0 saturated heterocycles. The van der Waals surface area contributed by atoms with E-state index in [9.17, 15) is 4.79 Å². The predicted molar refractivity (Wildman–Crippen MR) is 67.5 cm³/mol. The van der Waals surface area contributed by atoms with Crippen LogP contribution in [0, 0.1) is 0 Å². The van der Waals surface area contributed by atoms with Crippen molar-refractivity contribution in [2.24, 2.45) is 0 Å². The Morgan fingerprint density at radius 1 is 1.47 bits per heavy atom. The van der Waals surface area contributed by atoms with Gasteiger partial charge in [0.1, 0.15) is 0 Å². The lowest BCUT2D eigenvalue weighted by Crippen LogP contribution is -1.98. The highest BCUT2D eigenvalue weighted by Gasteiger charge is 1.90. The van der Waals surface area contributed by atoms with Crippen molar-refractivity contribution < 1.29 is 9.53 Å². The molecule has 0 fully saturated rings. The highest BCUT2D eigenvalue weighted by molar-refractivity contribution is 5.82. The van der Waals surface area contributed by atoms with E-state index in [2.05, 4.69) is 11.1 Å². The van der Waals surface area contributed by atoms with Crippen LogP contribution in [-0.4, -0.2) is 17.6 Å². The maximum atomic E-state index is 10.9. The first-order chi connectivity index (χ1) is 8.33. The zero-order chi connectivity index (χ0) is 12.3. The predicted octanol–water partition coefficient (Wildman–Crippen LogP) is 2.69. The molecular weight excluding hydrogens is 214 g/mol. The second kappa shape index (κ2) is 8.28. The quantitative estimate of drug-likeness (QED) is 0.429. The molecule has 3 nitrogen and oxygen atoms in total. The number of pyridine rings is 1. The van der Waals surface area contributed by atoms with Crippen LogP contribution in [0.5, 0.6) is 0 Å². The van der Waals surface area contributed by atoms with Gasteiger partial charge in [-0.3, -0.25) is 4.98 Å². The van der Waals surface area contributed by atoms with Crippen molar-refractivity contribution in [3.63, 3.8) is 0 Å². The van der Waals surface area contributed by atoms with Gasteiger partial charge in [-0.05, 0) is 31.4 Å². The summed E-state index contributed by atoms with van der Waals surface area (Å²) in [6.07, 6.45) is 12.5. The van der Waals surface area contributed by atoms with Crippen LogP contribution in [0.3, 0.4) is 0 Å². The maximum absolute atomic E-state index is 10.9. The van der Waals surface area contributed by atoms with E-state index in [0.717, 1.165) is 12.8 Å². The van der Waals surface area contributed by atoms with E-state index in [0.29, 0.717) is 6.61 Å². The molecule has 1 rings (SSSR count). The fourth-order valence-electron chi connectivity index (χ4n) is 1.30. The van der Waals surface area contributed by atoms with Gasteiger partial charge in [-0.1, -0.05) is 24.3 Å². The van der Waals surface area contributed by atoms with Gasteiger partial charge in [-0.25, -0.2) is 4.79 Å². The van der Waals surface area contributed by atoms with Crippen molar-refractivity contribution >= 4 is 5.97 Å². The van der Waals surface area contributed by atoms with Gasteiger partial charge >= 0.3 is 5.97 Å². The molecule has 0 aliphatic carbocycles. The van der Waals surface area contributed by atoms with Gasteiger partial charge in [0.2, 0.25) is 0 Å². The molecule has 0 amide bonds. The molecule has 0 aliphatic heterocycles. The number of esters is 1. The number of aryl methyl sites for hydroxylation is 1. The lowest BCUT2D eigenvalue weighted by Gasteiger charge is -1.95. The average Bonchev–Trinajstić information content (AvgIpc) is 2.35. The van der Waals surface area contributed by atoms with Gasteiger partial charge < -0.3 is 4.74 Å². The molecular formula is C14H17NO2. The van der Waals surface area contributed by atoms with Crippen LogP contribution in [-0.2, 0) is 16.0 Å². The Morgan fingerprint density at radius 3 is 3.06 bits per heavy atom. The molecule has 0 bridgehead atoms. The number of hydrogen-bond acceptors (Lipinski definition) is 3. The van der Waals surface area contributed by atoms with Crippen molar-refractivity contribution in [2.45, 2.75) is 19.8 Å². The number of nitrogens with zero attached hydrogens (tertiary/aromatic N) is 1. The van der Waals surface area contributed by atoms with Crippen molar-refractivity contribution in [3.05, 3.63) is 54.4 Å². The van der Waals surface area contributed by atoms with E-state index in [-0.39, 0.29) is 5.97 Å². The largest absolute Gasteiger partial charge is 0.463 e. The Labute approximate surface area is 102 Å². The first-order valence-electron chi connectivity index (χ1n) is 5.71. The molecule has 0 radical (unpaired) electrons. The highest BCUT2D eigenvalue weighted by atomic mass is 16.5. The Kier molecular flexibility index (Phi) is 6.41. The Bertz CT molecular complexity index is 382. The molecule has 1 aromatic heterocycles. The maximum Gasteiger partial charge on any atom is 0.330 e. The molecule has 0 unspecified atom stereocenters. The monoisotopic (exact) mass is 231 g/mol. The van der Waals surface area contributed by atoms with Crippen LogP contribution in [0.25, 0.3) is 0 Å². The van der Waals surface area contributed by atoms with E-state index >= 15 is 0 Å².